The number of carbonyl (C=O) groups is 3. The predicted molar refractivity (Wildman–Crippen MR) is 172 cm³/mol. The lowest BCUT2D eigenvalue weighted by molar-refractivity contribution is -0.131. The molecule has 9 nitrogen and oxygen atoms in total. The molecule has 0 aliphatic heterocycles. The number of hydrogen-bond donors (Lipinski definition) is 2. The van der Waals surface area contributed by atoms with Gasteiger partial charge in [0.15, 0.2) is 11.6 Å². The minimum absolute atomic E-state index is 0.0537. The van der Waals surface area contributed by atoms with Gasteiger partial charge in [0.2, 0.25) is 0 Å². The van der Waals surface area contributed by atoms with Crippen LogP contribution in [-0.4, -0.2) is 56.9 Å². The number of halogens is 4. The van der Waals surface area contributed by atoms with Gasteiger partial charge in [-0.2, -0.15) is 8.78 Å². The number of amides is 1. The average Bonchev–Trinajstić information content (AvgIpc) is 3.08. The first-order valence-electron chi connectivity index (χ1n) is 16.0. The van der Waals surface area contributed by atoms with Crippen molar-refractivity contribution in [3.8, 4) is 0 Å². The first-order chi connectivity index (χ1) is 23.6. The summed E-state index contributed by atoms with van der Waals surface area (Å²) in [5.74, 6) is -1.56. The summed E-state index contributed by atoms with van der Waals surface area (Å²) in [5, 5.41) is 1.84. The van der Waals surface area contributed by atoms with Gasteiger partial charge in [0.05, 0.1) is 24.2 Å². The first kappa shape index (κ1) is 35.4. The van der Waals surface area contributed by atoms with Gasteiger partial charge in [0.25, 0.3) is 5.91 Å². The van der Waals surface area contributed by atoms with Gasteiger partial charge < -0.3 is 11.1 Å². The Bertz CT molecular complexity index is 1780. The molecule has 2 saturated carbocycles. The van der Waals surface area contributed by atoms with E-state index in [1.165, 1.54) is 36.9 Å². The molecule has 2 aromatic carbocycles. The zero-order valence-electron chi connectivity index (χ0n) is 26.7. The largest absolute Gasteiger partial charge is 0.344 e. The zero-order chi connectivity index (χ0) is 35.0. The molecule has 2 aliphatic carbocycles. The second kappa shape index (κ2) is 15.5. The number of alkyl halides is 2. The quantitative estimate of drug-likeness (QED) is 0.153. The lowest BCUT2D eigenvalue weighted by Crippen LogP contribution is -2.38. The summed E-state index contributed by atoms with van der Waals surface area (Å²) >= 11 is 0. The number of nitrogens with two attached hydrogens (primary N) is 1. The highest BCUT2D eigenvalue weighted by Gasteiger charge is 2.42. The van der Waals surface area contributed by atoms with Crippen molar-refractivity contribution in [2.24, 2.45) is 5.73 Å². The van der Waals surface area contributed by atoms with Gasteiger partial charge in [0.1, 0.15) is 23.3 Å². The summed E-state index contributed by atoms with van der Waals surface area (Å²) < 4.78 is 52.6. The molecule has 2 fully saturated rings. The van der Waals surface area contributed by atoms with Crippen LogP contribution in [0.25, 0.3) is 0 Å². The highest BCUT2D eigenvalue weighted by atomic mass is 19.3. The molecule has 0 saturated heterocycles. The van der Waals surface area contributed by atoms with Crippen LogP contribution in [-0.2, 0) is 28.5 Å². The van der Waals surface area contributed by atoms with E-state index >= 15 is 0 Å². The van der Waals surface area contributed by atoms with E-state index in [2.05, 4.69) is 19.9 Å². The summed E-state index contributed by atoms with van der Waals surface area (Å²) in [6, 6.07) is 13.6. The van der Waals surface area contributed by atoms with Crippen LogP contribution in [0.2, 0.25) is 0 Å². The van der Waals surface area contributed by atoms with E-state index in [-0.39, 0.29) is 40.4 Å². The number of hydrogen-bond acceptors (Lipinski definition) is 8. The number of ketones is 2. The molecular weight excluding hydrogens is 640 g/mol. The Kier molecular flexibility index (Phi) is 11.2. The number of nitrogens with one attached hydrogen (secondary N) is 1. The molecule has 0 bridgehead atoms. The van der Waals surface area contributed by atoms with Gasteiger partial charge >= 0.3 is 6.43 Å². The lowest BCUT2D eigenvalue weighted by Gasteiger charge is -2.42. The maximum atomic E-state index is 14.2. The molecule has 0 spiro atoms. The van der Waals surface area contributed by atoms with Crippen molar-refractivity contribution in [2.45, 2.75) is 68.6 Å². The van der Waals surface area contributed by atoms with Gasteiger partial charge in [-0.05, 0) is 48.9 Å². The van der Waals surface area contributed by atoms with E-state index in [1.54, 1.807) is 24.3 Å². The Hall–Kier alpha value is -4.91. The Morgan fingerprint density at radius 3 is 1.45 bits per heavy atom. The molecule has 256 valence electrons. The van der Waals surface area contributed by atoms with Crippen molar-refractivity contribution in [3.05, 3.63) is 119 Å². The van der Waals surface area contributed by atoms with Crippen molar-refractivity contribution in [3.63, 3.8) is 0 Å². The number of nitrogens with zero attached hydrogens (tertiary/aromatic N) is 4. The van der Waals surface area contributed by atoms with Crippen molar-refractivity contribution in [1.82, 2.24) is 25.3 Å². The summed E-state index contributed by atoms with van der Waals surface area (Å²) in [4.78, 5) is 51.1. The van der Waals surface area contributed by atoms with Crippen molar-refractivity contribution >= 4 is 17.5 Å². The van der Waals surface area contributed by atoms with Crippen LogP contribution < -0.4 is 11.1 Å². The number of benzene rings is 2. The fourth-order valence-corrected chi connectivity index (χ4v) is 6.32. The Morgan fingerprint density at radius 1 is 0.694 bits per heavy atom. The SMILES string of the molecule is NCC(=O)c1cnc(CC2(c3ccccc3F)CCC2)nc1.O=C(CNC(=O)C(F)F)c1cnc(CC2(c3ccccc3F)CCC2)nc1. The standard InChI is InChI=1S/C19H18F3N3O2.C17H18FN3O/c20-14-5-2-1-4-13(14)19(6-3-7-19)8-16-23-9-12(10-24-16)15(26)11-25-18(27)17(21)22;18-14-5-2-1-4-13(14)17(6-3-7-17)8-16-20-10-12(11-21-16)15(22)9-19/h1-2,4-5,9-10,17H,3,6-8,11H2,(H,25,27);1-2,4-5,10-11H,3,6-9,19H2. The summed E-state index contributed by atoms with van der Waals surface area (Å²) in [6.07, 6.45) is 9.07. The lowest BCUT2D eigenvalue weighted by atomic mass is 9.62. The number of aromatic nitrogens is 4. The van der Waals surface area contributed by atoms with E-state index in [9.17, 15) is 31.9 Å². The second-order valence-electron chi connectivity index (χ2n) is 12.4. The van der Waals surface area contributed by atoms with E-state index < -0.39 is 24.7 Å². The Morgan fingerprint density at radius 2 is 1.10 bits per heavy atom. The highest BCUT2D eigenvalue weighted by molar-refractivity contribution is 5.99. The van der Waals surface area contributed by atoms with E-state index in [1.807, 2.05) is 17.4 Å². The zero-order valence-corrected chi connectivity index (χ0v) is 26.7. The van der Waals surface area contributed by atoms with Crippen LogP contribution in [0.5, 0.6) is 0 Å². The number of Topliss-reactive ketones (excluding diaryl/α,β-unsaturated/α-hetero) is 2. The minimum Gasteiger partial charge on any atom is -0.344 e. The van der Waals surface area contributed by atoms with Crippen LogP contribution in [0.4, 0.5) is 17.6 Å². The van der Waals surface area contributed by atoms with E-state index in [0.717, 1.165) is 44.1 Å². The molecule has 13 heteroatoms. The highest BCUT2D eigenvalue weighted by Crippen LogP contribution is 2.47. The monoisotopic (exact) mass is 676 g/mol. The molecule has 2 aliphatic rings. The van der Waals surface area contributed by atoms with Gasteiger partial charge in [-0.3, -0.25) is 14.4 Å². The maximum Gasteiger partial charge on any atom is 0.315 e. The average molecular weight is 677 g/mol. The molecule has 0 radical (unpaired) electrons. The number of carbonyl (C=O) groups excluding carboxylic acids is 3. The second-order valence-corrected chi connectivity index (χ2v) is 12.4. The summed E-state index contributed by atoms with van der Waals surface area (Å²) in [7, 11) is 0. The molecule has 6 rings (SSSR count). The Balaban J connectivity index is 0.000000195. The van der Waals surface area contributed by atoms with Gasteiger partial charge in [-0.1, -0.05) is 49.2 Å². The van der Waals surface area contributed by atoms with Crippen LogP contribution in [0.15, 0.2) is 73.3 Å². The van der Waals surface area contributed by atoms with Crippen molar-refractivity contribution in [1.29, 1.82) is 0 Å². The molecular formula is C36H36F4N6O3. The normalized spacial score (nSPS) is 15.6. The minimum atomic E-state index is -3.17. The predicted octanol–water partition coefficient (Wildman–Crippen LogP) is 5.27. The van der Waals surface area contributed by atoms with Gasteiger partial charge in [-0.25, -0.2) is 28.7 Å². The molecule has 2 aromatic heterocycles. The van der Waals surface area contributed by atoms with E-state index in [4.69, 9.17) is 5.73 Å². The van der Waals surface area contributed by atoms with E-state index in [0.29, 0.717) is 35.6 Å². The van der Waals surface area contributed by atoms with Crippen molar-refractivity contribution in [2.75, 3.05) is 13.1 Å². The van der Waals surface area contributed by atoms with Crippen LogP contribution in [0, 0.1) is 11.6 Å². The molecule has 49 heavy (non-hydrogen) atoms. The smallest absolute Gasteiger partial charge is 0.315 e. The van der Waals surface area contributed by atoms with Crippen molar-refractivity contribution < 1.29 is 31.9 Å². The first-order valence-corrected chi connectivity index (χ1v) is 16.0. The fourth-order valence-electron chi connectivity index (χ4n) is 6.32. The van der Waals surface area contributed by atoms with Crippen LogP contribution in [0.3, 0.4) is 0 Å². The molecule has 0 unspecified atom stereocenters. The maximum absolute atomic E-state index is 14.2. The third-order valence-corrected chi connectivity index (χ3v) is 9.37. The molecule has 4 aromatic rings. The third-order valence-electron chi connectivity index (χ3n) is 9.37. The molecule has 1 amide bonds. The molecule has 3 N–H and O–H groups in total. The topological polar surface area (TPSA) is 141 Å². The van der Waals surface area contributed by atoms with Gasteiger partial charge in [0, 0.05) is 48.5 Å². The number of rotatable bonds is 12. The fraction of sp³-hybridized carbons (Fsp3) is 0.361. The molecule has 0 atom stereocenters. The third kappa shape index (κ3) is 8.22. The molecule has 2 heterocycles. The van der Waals surface area contributed by atoms with Crippen LogP contribution in [0.1, 0.15) is 82.0 Å². The summed E-state index contributed by atoms with van der Waals surface area (Å²) in [5.41, 5.74) is 6.68. The van der Waals surface area contributed by atoms with Crippen LogP contribution >= 0.6 is 0 Å². The van der Waals surface area contributed by atoms with Gasteiger partial charge in [-0.15, -0.1) is 0 Å². The Labute approximate surface area is 280 Å². The summed E-state index contributed by atoms with van der Waals surface area (Å²) in [6.45, 7) is -0.604.